The molecule has 12 heavy (non-hydrogen) atoms. The second-order valence-corrected chi connectivity index (χ2v) is 3.49. The summed E-state index contributed by atoms with van der Waals surface area (Å²) in [7, 11) is 0. The Morgan fingerprint density at radius 1 is 1.50 bits per heavy atom. The van der Waals surface area contributed by atoms with Gasteiger partial charge < -0.3 is 0 Å². The summed E-state index contributed by atoms with van der Waals surface area (Å²) in [6.45, 7) is 3.18. The van der Waals surface area contributed by atoms with E-state index in [0.717, 1.165) is 0 Å². The molecule has 0 atom stereocenters. The number of carbonyl (C=O) groups is 1. The van der Waals surface area contributed by atoms with E-state index in [-0.39, 0.29) is 11.6 Å². The number of carbonyl (C=O) groups excluding carboxylic acids is 1. The normalized spacial score (nSPS) is 10.0. The maximum Gasteiger partial charge on any atom is 0.160 e. The van der Waals surface area contributed by atoms with Gasteiger partial charge in [-0.1, -0.05) is 0 Å². The molecule has 0 unspecified atom stereocenters. The van der Waals surface area contributed by atoms with Gasteiger partial charge in [0.05, 0.1) is 4.47 Å². The summed E-state index contributed by atoms with van der Waals surface area (Å²) in [5.74, 6) is -0.384. The monoisotopic (exact) mass is 230 g/mol. The highest BCUT2D eigenvalue weighted by atomic mass is 79.9. The molecule has 3 heteroatoms. The van der Waals surface area contributed by atoms with Crippen LogP contribution in [0.1, 0.15) is 22.8 Å². The molecule has 1 rings (SSSR count). The number of rotatable bonds is 1. The molecule has 0 aliphatic carbocycles. The average molecular weight is 231 g/mol. The lowest BCUT2D eigenvalue weighted by atomic mass is 10.1. The Kier molecular flexibility index (Phi) is 2.62. The topological polar surface area (TPSA) is 17.1 Å². The van der Waals surface area contributed by atoms with Crippen molar-refractivity contribution >= 4 is 21.7 Å². The van der Waals surface area contributed by atoms with E-state index in [1.54, 1.807) is 6.92 Å². The zero-order chi connectivity index (χ0) is 9.30. The summed E-state index contributed by atoms with van der Waals surface area (Å²) in [5.41, 5.74) is 1.23. The fourth-order valence-electron chi connectivity index (χ4n) is 1.03. The largest absolute Gasteiger partial charge is 0.295 e. The summed E-state index contributed by atoms with van der Waals surface area (Å²) >= 11 is 3.02. The number of hydrogen-bond acceptors (Lipinski definition) is 1. The van der Waals surface area contributed by atoms with Gasteiger partial charge >= 0.3 is 0 Å². The van der Waals surface area contributed by atoms with Crippen LogP contribution >= 0.6 is 15.9 Å². The minimum Gasteiger partial charge on any atom is -0.295 e. The van der Waals surface area contributed by atoms with Crippen molar-refractivity contribution in [2.75, 3.05) is 0 Å². The molecule has 0 N–H and O–H groups in total. The Bertz CT molecular complexity index is 334. The van der Waals surface area contributed by atoms with E-state index in [1.807, 2.05) is 0 Å². The van der Waals surface area contributed by atoms with Crippen LogP contribution < -0.4 is 0 Å². The molecule has 0 aliphatic rings. The van der Waals surface area contributed by atoms with Crippen LogP contribution in [0.15, 0.2) is 16.6 Å². The van der Waals surface area contributed by atoms with Crippen molar-refractivity contribution < 1.29 is 9.18 Å². The molecule has 0 aliphatic heterocycles. The third-order valence-corrected chi connectivity index (χ3v) is 2.25. The third-order valence-electron chi connectivity index (χ3n) is 1.65. The van der Waals surface area contributed by atoms with Crippen molar-refractivity contribution in [3.05, 3.63) is 33.5 Å². The Morgan fingerprint density at radius 2 is 2.08 bits per heavy atom. The lowest BCUT2D eigenvalue weighted by Gasteiger charge is -2.02. The van der Waals surface area contributed by atoms with E-state index in [1.165, 1.54) is 19.1 Å². The van der Waals surface area contributed by atoms with Crippen molar-refractivity contribution in [3.8, 4) is 0 Å². The minimum absolute atomic E-state index is 0.0480. The number of benzene rings is 1. The van der Waals surface area contributed by atoms with Crippen LogP contribution in [-0.2, 0) is 0 Å². The quantitative estimate of drug-likeness (QED) is 0.678. The van der Waals surface area contributed by atoms with Crippen molar-refractivity contribution in [2.45, 2.75) is 13.8 Å². The van der Waals surface area contributed by atoms with Gasteiger partial charge in [0, 0.05) is 5.56 Å². The summed E-state index contributed by atoms with van der Waals surface area (Å²) in [6.07, 6.45) is 0. The molecular formula is C9H8BrFO. The molecule has 1 nitrogen and oxygen atoms in total. The van der Waals surface area contributed by atoms with Gasteiger partial charge in [-0.25, -0.2) is 4.39 Å². The molecule has 0 fully saturated rings. The lowest BCUT2D eigenvalue weighted by Crippen LogP contribution is -1.97. The summed E-state index contributed by atoms with van der Waals surface area (Å²) < 4.78 is 13.2. The van der Waals surface area contributed by atoms with Gasteiger partial charge in [-0.15, -0.1) is 0 Å². The first-order valence-electron chi connectivity index (χ1n) is 3.49. The Balaban J connectivity index is 3.33. The van der Waals surface area contributed by atoms with Crippen LogP contribution in [0.2, 0.25) is 0 Å². The van der Waals surface area contributed by atoms with Crippen LogP contribution in [0.5, 0.6) is 0 Å². The van der Waals surface area contributed by atoms with E-state index in [0.29, 0.717) is 15.6 Å². The van der Waals surface area contributed by atoms with E-state index in [9.17, 15) is 9.18 Å². The van der Waals surface area contributed by atoms with Gasteiger partial charge in [0.2, 0.25) is 0 Å². The molecule has 1 aromatic rings. The average Bonchev–Trinajstić information content (AvgIpc) is 1.96. The number of aryl methyl sites for hydroxylation is 1. The molecule has 0 saturated carbocycles. The van der Waals surface area contributed by atoms with Crippen LogP contribution in [-0.4, -0.2) is 5.78 Å². The first-order valence-corrected chi connectivity index (χ1v) is 4.28. The van der Waals surface area contributed by atoms with Gasteiger partial charge in [-0.05, 0) is 47.5 Å². The molecular weight excluding hydrogens is 223 g/mol. The fourth-order valence-corrected chi connectivity index (χ4v) is 1.37. The molecule has 0 amide bonds. The number of Topliss-reactive ketones (excluding diaryl/α,β-unsaturated/α-hetero) is 1. The predicted molar refractivity (Wildman–Crippen MR) is 48.8 cm³/mol. The highest BCUT2D eigenvalue weighted by Gasteiger charge is 2.07. The Hall–Kier alpha value is -0.700. The van der Waals surface area contributed by atoms with Crippen molar-refractivity contribution in [1.29, 1.82) is 0 Å². The molecule has 0 heterocycles. The molecule has 0 bridgehead atoms. The van der Waals surface area contributed by atoms with Gasteiger partial charge in [-0.2, -0.15) is 0 Å². The second-order valence-electron chi connectivity index (χ2n) is 2.64. The van der Waals surface area contributed by atoms with E-state index in [4.69, 9.17) is 0 Å². The SMILES string of the molecule is CC(=O)c1cc(Br)c(F)cc1C. The van der Waals surface area contributed by atoms with E-state index >= 15 is 0 Å². The van der Waals surface area contributed by atoms with Gasteiger partial charge in [0.1, 0.15) is 5.82 Å². The number of ketones is 1. The summed E-state index contributed by atoms with van der Waals surface area (Å²) in [4.78, 5) is 11.0. The van der Waals surface area contributed by atoms with Gasteiger partial charge in [0.15, 0.2) is 5.78 Å². The van der Waals surface area contributed by atoms with Crippen LogP contribution in [0.3, 0.4) is 0 Å². The zero-order valence-electron chi connectivity index (χ0n) is 6.82. The van der Waals surface area contributed by atoms with Crippen molar-refractivity contribution in [2.24, 2.45) is 0 Å². The van der Waals surface area contributed by atoms with Gasteiger partial charge in [-0.3, -0.25) is 4.79 Å². The van der Waals surface area contributed by atoms with Crippen LogP contribution in [0, 0.1) is 12.7 Å². The van der Waals surface area contributed by atoms with Crippen molar-refractivity contribution in [3.63, 3.8) is 0 Å². The van der Waals surface area contributed by atoms with Gasteiger partial charge in [0.25, 0.3) is 0 Å². The Labute approximate surface area is 78.7 Å². The predicted octanol–water partition coefficient (Wildman–Crippen LogP) is 3.10. The Morgan fingerprint density at radius 3 is 2.58 bits per heavy atom. The van der Waals surface area contributed by atoms with Crippen LogP contribution in [0.25, 0.3) is 0 Å². The van der Waals surface area contributed by atoms with Crippen molar-refractivity contribution in [1.82, 2.24) is 0 Å². The molecule has 0 spiro atoms. The smallest absolute Gasteiger partial charge is 0.160 e. The molecule has 0 aromatic heterocycles. The first kappa shape index (κ1) is 9.39. The summed E-state index contributed by atoms with van der Waals surface area (Å²) in [6, 6.07) is 2.85. The zero-order valence-corrected chi connectivity index (χ0v) is 8.40. The standard InChI is InChI=1S/C9H8BrFO/c1-5-3-9(11)8(10)4-7(5)6(2)12/h3-4H,1-2H3. The fraction of sp³-hybridized carbons (Fsp3) is 0.222. The lowest BCUT2D eigenvalue weighted by molar-refractivity contribution is 0.101. The molecule has 0 saturated heterocycles. The van der Waals surface area contributed by atoms with Crippen LogP contribution in [0.4, 0.5) is 4.39 Å². The second kappa shape index (κ2) is 3.35. The highest BCUT2D eigenvalue weighted by Crippen LogP contribution is 2.20. The maximum atomic E-state index is 12.9. The number of hydrogen-bond donors (Lipinski definition) is 0. The molecule has 1 aromatic carbocycles. The molecule has 64 valence electrons. The first-order chi connectivity index (χ1) is 5.52. The van der Waals surface area contributed by atoms with E-state index < -0.39 is 0 Å². The minimum atomic E-state index is -0.336. The number of halogens is 2. The third kappa shape index (κ3) is 1.72. The maximum absolute atomic E-state index is 12.9. The highest BCUT2D eigenvalue weighted by molar-refractivity contribution is 9.10. The summed E-state index contributed by atoms with van der Waals surface area (Å²) in [5, 5.41) is 0. The van der Waals surface area contributed by atoms with E-state index in [2.05, 4.69) is 15.9 Å². The molecule has 0 radical (unpaired) electrons.